The molecule has 9 heteroatoms. The molecule has 2 atom stereocenters. The molecule has 0 bridgehead atoms. The van der Waals surface area contributed by atoms with Crippen LogP contribution in [-0.4, -0.2) is 81.4 Å². The summed E-state index contributed by atoms with van der Waals surface area (Å²) in [6.45, 7) is 6.57. The highest BCUT2D eigenvalue weighted by molar-refractivity contribution is 5.80. The number of nitrogens with zero attached hydrogens (tertiary/aromatic N) is 3. The second-order valence-electron chi connectivity index (χ2n) is 7.45. The maximum absolute atomic E-state index is 12.6. The van der Waals surface area contributed by atoms with Gasteiger partial charge in [-0.05, 0) is 37.2 Å². The minimum Gasteiger partial charge on any atom is -0.497 e. The molecule has 30 heavy (non-hydrogen) atoms. The zero-order valence-electron chi connectivity index (χ0n) is 18.3. The molecule has 1 aliphatic heterocycles. The summed E-state index contributed by atoms with van der Waals surface area (Å²) in [6, 6.07) is 8.07. The highest BCUT2D eigenvalue weighted by Crippen LogP contribution is 2.24. The Hall–Kier alpha value is -2.00. The molecule has 1 aromatic carbocycles. The number of halogens is 3. The van der Waals surface area contributed by atoms with E-state index in [2.05, 4.69) is 40.4 Å². The molecular weight excluding hydrogens is 395 g/mol. The molecule has 1 fully saturated rings. The molecule has 0 saturated carbocycles. The highest BCUT2D eigenvalue weighted by Gasteiger charge is 2.34. The second-order valence-corrected chi connectivity index (χ2v) is 7.45. The van der Waals surface area contributed by atoms with Crippen LogP contribution in [-0.2, 0) is 0 Å². The first-order valence-corrected chi connectivity index (χ1v) is 10.4. The summed E-state index contributed by atoms with van der Waals surface area (Å²) >= 11 is 0. The molecule has 1 aromatic rings. The van der Waals surface area contributed by atoms with E-state index in [9.17, 15) is 13.2 Å². The number of hydrogen-bond donors (Lipinski definition) is 2. The third kappa shape index (κ3) is 7.36. The van der Waals surface area contributed by atoms with E-state index in [0.717, 1.165) is 24.4 Å². The smallest absolute Gasteiger partial charge is 0.401 e. The minimum atomic E-state index is -4.16. The summed E-state index contributed by atoms with van der Waals surface area (Å²) in [7, 11) is 3.33. The molecule has 2 N–H and O–H groups in total. The number of likely N-dealkylation sites (tertiary alicyclic amines) is 1. The molecule has 0 radical (unpaired) electrons. The van der Waals surface area contributed by atoms with Crippen LogP contribution >= 0.6 is 0 Å². The fourth-order valence-electron chi connectivity index (χ4n) is 3.90. The molecule has 2 rings (SSSR count). The lowest BCUT2D eigenvalue weighted by atomic mass is 10.0. The summed E-state index contributed by atoms with van der Waals surface area (Å²) < 4.78 is 43.2. The molecular formula is C21H34F3N5O. The first-order chi connectivity index (χ1) is 14.3. The van der Waals surface area contributed by atoms with Gasteiger partial charge in [0.2, 0.25) is 0 Å². The van der Waals surface area contributed by atoms with Crippen molar-refractivity contribution in [1.29, 1.82) is 0 Å². The molecule has 2 unspecified atom stereocenters. The summed E-state index contributed by atoms with van der Waals surface area (Å²) in [5.74, 6) is 1.41. The van der Waals surface area contributed by atoms with E-state index in [1.54, 1.807) is 14.2 Å². The van der Waals surface area contributed by atoms with Crippen LogP contribution in [0.2, 0.25) is 0 Å². The van der Waals surface area contributed by atoms with E-state index in [1.165, 1.54) is 4.90 Å². The van der Waals surface area contributed by atoms with Crippen molar-refractivity contribution in [1.82, 2.24) is 20.4 Å². The average Bonchev–Trinajstić information content (AvgIpc) is 3.15. The van der Waals surface area contributed by atoms with E-state index < -0.39 is 12.7 Å². The largest absolute Gasteiger partial charge is 0.497 e. The topological polar surface area (TPSA) is 52.1 Å². The van der Waals surface area contributed by atoms with Crippen LogP contribution in [0.1, 0.15) is 31.9 Å². The van der Waals surface area contributed by atoms with Crippen molar-refractivity contribution in [2.24, 2.45) is 4.99 Å². The van der Waals surface area contributed by atoms with Gasteiger partial charge in [0.1, 0.15) is 5.75 Å². The van der Waals surface area contributed by atoms with Gasteiger partial charge in [0.05, 0.1) is 19.7 Å². The van der Waals surface area contributed by atoms with Gasteiger partial charge >= 0.3 is 6.18 Å². The SMILES string of the molecule is CCN(CC)C(CNC(=NC)NC1CCN(CC(F)(F)F)C1)c1cccc(OC)c1. The quantitative estimate of drug-likeness (QED) is 0.467. The highest BCUT2D eigenvalue weighted by atomic mass is 19.4. The average molecular weight is 430 g/mol. The number of benzene rings is 1. The molecule has 0 aromatic heterocycles. The van der Waals surface area contributed by atoms with Crippen molar-refractivity contribution in [2.45, 2.75) is 38.5 Å². The standard InChI is InChI=1S/C21H34F3N5O/c1-5-29(6-2)19(16-8-7-9-18(12-16)30-4)13-26-20(25-3)27-17-10-11-28(14-17)15-21(22,23)24/h7-9,12,17,19H,5-6,10-11,13-15H2,1-4H3,(H2,25,26,27). The molecule has 6 nitrogen and oxygen atoms in total. The van der Waals surface area contributed by atoms with Crippen LogP contribution in [0.15, 0.2) is 29.3 Å². The Morgan fingerprint density at radius 2 is 2.07 bits per heavy atom. The lowest BCUT2D eigenvalue weighted by Crippen LogP contribution is -2.47. The summed E-state index contributed by atoms with van der Waals surface area (Å²) in [6.07, 6.45) is -3.51. The number of guanidine groups is 1. The van der Waals surface area contributed by atoms with Crippen molar-refractivity contribution < 1.29 is 17.9 Å². The van der Waals surface area contributed by atoms with Crippen LogP contribution in [0, 0.1) is 0 Å². The number of ether oxygens (including phenoxy) is 1. The van der Waals surface area contributed by atoms with Crippen molar-refractivity contribution in [2.75, 3.05) is 53.4 Å². The van der Waals surface area contributed by atoms with Crippen molar-refractivity contribution in [3.8, 4) is 5.75 Å². The molecule has 170 valence electrons. The van der Waals surface area contributed by atoms with Crippen LogP contribution < -0.4 is 15.4 Å². The van der Waals surface area contributed by atoms with Crippen LogP contribution in [0.3, 0.4) is 0 Å². The molecule has 1 saturated heterocycles. The Bertz CT molecular complexity index is 679. The van der Waals surface area contributed by atoms with Gasteiger partial charge in [-0.3, -0.25) is 14.8 Å². The van der Waals surface area contributed by atoms with Crippen LogP contribution in [0.25, 0.3) is 0 Å². The van der Waals surface area contributed by atoms with E-state index in [-0.39, 0.29) is 12.1 Å². The number of hydrogen-bond acceptors (Lipinski definition) is 4. The Kier molecular flexibility index (Phi) is 9.23. The number of alkyl halides is 3. The Labute approximate surface area is 177 Å². The van der Waals surface area contributed by atoms with Gasteiger partial charge in [-0.1, -0.05) is 26.0 Å². The lowest BCUT2D eigenvalue weighted by molar-refractivity contribution is -0.143. The molecule has 0 aliphatic carbocycles. The van der Waals surface area contributed by atoms with Crippen molar-refractivity contribution in [3.63, 3.8) is 0 Å². The monoisotopic (exact) mass is 429 g/mol. The lowest BCUT2D eigenvalue weighted by Gasteiger charge is -2.31. The van der Waals surface area contributed by atoms with Gasteiger partial charge in [-0.25, -0.2) is 0 Å². The number of rotatable bonds is 9. The first kappa shape index (κ1) is 24.3. The number of likely N-dealkylation sites (N-methyl/N-ethyl adjacent to an activating group) is 1. The maximum Gasteiger partial charge on any atom is 0.401 e. The molecule has 0 spiro atoms. The van der Waals surface area contributed by atoms with E-state index >= 15 is 0 Å². The third-order valence-corrected chi connectivity index (χ3v) is 5.43. The fraction of sp³-hybridized carbons (Fsp3) is 0.667. The number of methoxy groups -OCH3 is 1. The van der Waals surface area contributed by atoms with Crippen LogP contribution in [0.5, 0.6) is 5.75 Å². The van der Waals surface area contributed by atoms with Crippen LogP contribution in [0.4, 0.5) is 13.2 Å². The van der Waals surface area contributed by atoms with Gasteiger partial charge < -0.3 is 15.4 Å². The van der Waals surface area contributed by atoms with Gasteiger partial charge in [0.15, 0.2) is 5.96 Å². The van der Waals surface area contributed by atoms with E-state index in [0.29, 0.717) is 32.0 Å². The zero-order valence-corrected chi connectivity index (χ0v) is 18.3. The summed E-state index contributed by atoms with van der Waals surface area (Å²) in [4.78, 5) is 8.05. The fourth-order valence-corrected chi connectivity index (χ4v) is 3.90. The summed E-state index contributed by atoms with van der Waals surface area (Å²) in [5.41, 5.74) is 1.14. The van der Waals surface area contributed by atoms with Crippen molar-refractivity contribution >= 4 is 5.96 Å². The third-order valence-electron chi connectivity index (χ3n) is 5.43. The molecule has 1 heterocycles. The second kappa shape index (κ2) is 11.4. The normalized spacial score (nSPS) is 19.2. The minimum absolute atomic E-state index is 0.0535. The Morgan fingerprint density at radius 1 is 1.33 bits per heavy atom. The molecule has 1 aliphatic rings. The number of nitrogens with one attached hydrogen (secondary N) is 2. The number of aliphatic imine (C=N–C) groups is 1. The predicted molar refractivity (Wildman–Crippen MR) is 114 cm³/mol. The van der Waals surface area contributed by atoms with Gasteiger partial charge in [-0.15, -0.1) is 0 Å². The Morgan fingerprint density at radius 3 is 2.67 bits per heavy atom. The van der Waals surface area contributed by atoms with E-state index in [4.69, 9.17) is 4.74 Å². The van der Waals surface area contributed by atoms with Gasteiger partial charge in [-0.2, -0.15) is 13.2 Å². The van der Waals surface area contributed by atoms with Crippen molar-refractivity contribution in [3.05, 3.63) is 29.8 Å². The maximum atomic E-state index is 12.6. The molecule has 0 amide bonds. The van der Waals surface area contributed by atoms with E-state index in [1.807, 2.05) is 18.2 Å². The Balaban J connectivity index is 1.99. The van der Waals surface area contributed by atoms with Gasteiger partial charge in [0, 0.05) is 32.7 Å². The zero-order chi connectivity index (χ0) is 22.1. The van der Waals surface area contributed by atoms with Gasteiger partial charge in [0.25, 0.3) is 0 Å². The first-order valence-electron chi connectivity index (χ1n) is 10.4. The predicted octanol–water partition coefficient (Wildman–Crippen LogP) is 2.88. The summed E-state index contributed by atoms with van der Waals surface area (Å²) in [5, 5.41) is 6.63.